The monoisotopic (exact) mass is 273 g/mol. The molecule has 0 atom stereocenters. The van der Waals surface area contributed by atoms with Gasteiger partial charge in [0, 0.05) is 11.9 Å². The van der Waals surface area contributed by atoms with Crippen LogP contribution in [0.4, 0.5) is 11.5 Å². The first-order valence-electron chi connectivity index (χ1n) is 5.26. The first-order chi connectivity index (χ1) is 9.10. The van der Waals surface area contributed by atoms with E-state index in [4.69, 9.17) is 22.0 Å². The largest absolute Gasteiger partial charge is 0.478 e. The fraction of sp³-hybridized carbons (Fsp3) is 0. The Morgan fingerprint density at radius 3 is 2.68 bits per heavy atom. The van der Waals surface area contributed by atoms with Crippen LogP contribution in [0.25, 0.3) is 0 Å². The van der Waals surface area contributed by atoms with Crippen molar-refractivity contribution < 1.29 is 9.90 Å². The summed E-state index contributed by atoms with van der Waals surface area (Å²) in [4.78, 5) is 14.9. The van der Waals surface area contributed by atoms with Crippen LogP contribution in [0.3, 0.4) is 0 Å². The molecule has 1 heterocycles. The number of benzene rings is 1. The van der Waals surface area contributed by atoms with Crippen LogP contribution >= 0.6 is 11.6 Å². The van der Waals surface area contributed by atoms with Gasteiger partial charge < -0.3 is 10.4 Å². The molecule has 0 amide bonds. The minimum absolute atomic E-state index is 0.0417. The van der Waals surface area contributed by atoms with Gasteiger partial charge in [-0.2, -0.15) is 5.26 Å². The summed E-state index contributed by atoms with van der Waals surface area (Å²) in [5, 5.41) is 20.6. The normalized spacial score (nSPS) is 9.68. The van der Waals surface area contributed by atoms with Crippen LogP contribution in [0.5, 0.6) is 0 Å². The second kappa shape index (κ2) is 5.38. The zero-order chi connectivity index (χ0) is 13.8. The van der Waals surface area contributed by atoms with Crippen LogP contribution < -0.4 is 5.32 Å². The van der Waals surface area contributed by atoms with E-state index in [2.05, 4.69) is 10.3 Å². The summed E-state index contributed by atoms with van der Waals surface area (Å²) in [5.41, 5.74) is 1.12. The molecule has 0 bridgehead atoms. The summed E-state index contributed by atoms with van der Waals surface area (Å²) in [5.74, 6) is -0.536. The molecule has 0 saturated heterocycles. The number of nitriles is 1. The number of anilines is 2. The Kier molecular flexibility index (Phi) is 3.64. The van der Waals surface area contributed by atoms with E-state index in [1.807, 2.05) is 6.07 Å². The van der Waals surface area contributed by atoms with Gasteiger partial charge in [-0.05, 0) is 30.3 Å². The van der Waals surface area contributed by atoms with Gasteiger partial charge in [-0.3, -0.25) is 0 Å². The van der Waals surface area contributed by atoms with Crippen molar-refractivity contribution in [3.63, 3.8) is 0 Å². The van der Waals surface area contributed by atoms with Crippen LogP contribution in [0, 0.1) is 11.3 Å². The fourth-order valence-electron chi connectivity index (χ4n) is 1.45. The molecule has 94 valence electrons. The van der Waals surface area contributed by atoms with Crippen molar-refractivity contribution in [2.24, 2.45) is 0 Å². The summed E-state index contributed by atoms with van der Waals surface area (Å²) >= 11 is 5.85. The minimum atomic E-state index is -1.08. The standard InChI is InChI=1S/C13H8ClN3O2/c14-11-5-9(2-3-10(11)13(18)19)17-12-4-1-8(6-15)7-16-12/h1-5,7H,(H,16,17)(H,18,19). The van der Waals surface area contributed by atoms with Gasteiger partial charge in [-0.1, -0.05) is 11.6 Å². The summed E-state index contributed by atoms with van der Waals surface area (Å²) in [6.07, 6.45) is 1.44. The van der Waals surface area contributed by atoms with E-state index >= 15 is 0 Å². The Bertz CT molecular complexity index is 663. The fourth-order valence-corrected chi connectivity index (χ4v) is 1.71. The number of carbonyl (C=O) groups is 1. The van der Waals surface area contributed by atoms with Gasteiger partial charge >= 0.3 is 5.97 Å². The lowest BCUT2D eigenvalue weighted by Crippen LogP contribution is -1.99. The highest BCUT2D eigenvalue weighted by Crippen LogP contribution is 2.23. The molecule has 0 unspecified atom stereocenters. The molecule has 1 aromatic carbocycles. The van der Waals surface area contributed by atoms with Crippen molar-refractivity contribution in [3.05, 3.63) is 52.7 Å². The number of hydrogen-bond acceptors (Lipinski definition) is 4. The maximum absolute atomic E-state index is 10.8. The van der Waals surface area contributed by atoms with Crippen molar-refractivity contribution in [2.75, 3.05) is 5.32 Å². The molecule has 19 heavy (non-hydrogen) atoms. The highest BCUT2D eigenvalue weighted by molar-refractivity contribution is 6.33. The number of halogens is 1. The Morgan fingerprint density at radius 2 is 2.16 bits per heavy atom. The highest BCUT2D eigenvalue weighted by atomic mass is 35.5. The van der Waals surface area contributed by atoms with Gasteiger partial charge in [0.2, 0.25) is 0 Å². The lowest BCUT2D eigenvalue weighted by molar-refractivity contribution is 0.0697. The van der Waals surface area contributed by atoms with Crippen LogP contribution in [-0.4, -0.2) is 16.1 Å². The molecule has 2 aromatic rings. The Morgan fingerprint density at radius 1 is 1.37 bits per heavy atom. The molecular weight excluding hydrogens is 266 g/mol. The lowest BCUT2D eigenvalue weighted by Gasteiger charge is -2.07. The Hall–Kier alpha value is -2.58. The minimum Gasteiger partial charge on any atom is -0.478 e. The molecule has 0 aliphatic carbocycles. The average Bonchev–Trinajstić information content (AvgIpc) is 2.39. The van der Waals surface area contributed by atoms with Crippen molar-refractivity contribution in [3.8, 4) is 6.07 Å². The lowest BCUT2D eigenvalue weighted by atomic mass is 10.2. The molecule has 0 aliphatic rings. The number of aromatic nitrogens is 1. The van der Waals surface area contributed by atoms with Crippen LogP contribution in [-0.2, 0) is 0 Å². The number of carboxylic acid groups (broad SMARTS) is 1. The van der Waals surface area contributed by atoms with E-state index in [0.29, 0.717) is 17.1 Å². The third-order valence-electron chi connectivity index (χ3n) is 2.36. The van der Waals surface area contributed by atoms with E-state index < -0.39 is 5.97 Å². The van der Waals surface area contributed by atoms with Gasteiger partial charge in [-0.25, -0.2) is 9.78 Å². The number of nitrogens with one attached hydrogen (secondary N) is 1. The zero-order valence-electron chi connectivity index (χ0n) is 9.59. The second-order valence-corrected chi connectivity index (χ2v) is 4.08. The van der Waals surface area contributed by atoms with Crippen LogP contribution in [0.1, 0.15) is 15.9 Å². The van der Waals surface area contributed by atoms with Crippen LogP contribution in [0.15, 0.2) is 36.5 Å². The maximum Gasteiger partial charge on any atom is 0.337 e. The molecule has 0 fully saturated rings. The van der Waals surface area contributed by atoms with Crippen LogP contribution in [0.2, 0.25) is 5.02 Å². The first kappa shape index (κ1) is 12.9. The highest BCUT2D eigenvalue weighted by Gasteiger charge is 2.08. The molecule has 5 nitrogen and oxygen atoms in total. The SMILES string of the molecule is N#Cc1ccc(Nc2ccc(C(=O)O)c(Cl)c2)nc1. The third kappa shape index (κ3) is 3.00. The van der Waals surface area contributed by atoms with Crippen molar-refractivity contribution in [2.45, 2.75) is 0 Å². The molecule has 6 heteroatoms. The number of pyridine rings is 1. The average molecular weight is 274 g/mol. The predicted molar refractivity (Wildman–Crippen MR) is 70.6 cm³/mol. The van der Waals surface area contributed by atoms with E-state index in [-0.39, 0.29) is 10.6 Å². The van der Waals surface area contributed by atoms with Gasteiger partial charge in [0.15, 0.2) is 0 Å². The zero-order valence-corrected chi connectivity index (χ0v) is 10.3. The summed E-state index contributed by atoms with van der Waals surface area (Å²) < 4.78 is 0. The number of aromatic carboxylic acids is 1. The molecule has 0 saturated carbocycles. The molecule has 0 spiro atoms. The Labute approximate surface area is 114 Å². The number of carboxylic acids is 1. The van der Waals surface area contributed by atoms with Crippen molar-refractivity contribution in [1.29, 1.82) is 5.26 Å². The van der Waals surface area contributed by atoms with Gasteiger partial charge in [0.05, 0.1) is 16.1 Å². The van der Waals surface area contributed by atoms with Gasteiger partial charge in [-0.15, -0.1) is 0 Å². The smallest absolute Gasteiger partial charge is 0.337 e. The van der Waals surface area contributed by atoms with Crippen molar-refractivity contribution >= 4 is 29.1 Å². The number of hydrogen-bond donors (Lipinski definition) is 2. The quantitative estimate of drug-likeness (QED) is 0.897. The first-order valence-corrected chi connectivity index (χ1v) is 5.64. The topological polar surface area (TPSA) is 86.0 Å². The molecule has 2 rings (SSSR count). The summed E-state index contributed by atoms with van der Waals surface area (Å²) in [7, 11) is 0. The summed E-state index contributed by atoms with van der Waals surface area (Å²) in [6, 6.07) is 9.76. The number of nitrogens with zero attached hydrogens (tertiary/aromatic N) is 2. The predicted octanol–water partition coefficient (Wildman–Crippen LogP) is 3.05. The molecular formula is C13H8ClN3O2. The molecule has 2 N–H and O–H groups in total. The molecule has 0 radical (unpaired) electrons. The van der Waals surface area contributed by atoms with Gasteiger partial charge in [0.1, 0.15) is 11.9 Å². The van der Waals surface area contributed by atoms with Gasteiger partial charge in [0.25, 0.3) is 0 Å². The molecule has 1 aromatic heterocycles. The second-order valence-electron chi connectivity index (χ2n) is 3.67. The maximum atomic E-state index is 10.8. The number of rotatable bonds is 3. The third-order valence-corrected chi connectivity index (χ3v) is 2.68. The van der Waals surface area contributed by atoms with E-state index in [0.717, 1.165) is 0 Å². The Balaban J connectivity index is 2.21. The van der Waals surface area contributed by atoms with E-state index in [1.54, 1.807) is 18.2 Å². The van der Waals surface area contributed by atoms with E-state index in [1.165, 1.54) is 18.3 Å². The van der Waals surface area contributed by atoms with Crippen molar-refractivity contribution in [1.82, 2.24) is 4.98 Å². The summed E-state index contributed by atoms with van der Waals surface area (Å²) in [6.45, 7) is 0. The molecule has 0 aliphatic heterocycles. The van der Waals surface area contributed by atoms with E-state index in [9.17, 15) is 4.79 Å².